The van der Waals surface area contributed by atoms with Gasteiger partial charge in [0.15, 0.2) is 0 Å². The number of benzene rings is 1. The standard InChI is InChI=1S/C13H16BrNO/c14-12-11-6-2-1-4-9(11)8-10(13(12)16)5-3-7-15/h3,5,8,16H,1-2,4,6-7,15H2/b5-3+. The van der Waals surface area contributed by atoms with Crippen molar-refractivity contribution < 1.29 is 5.11 Å². The topological polar surface area (TPSA) is 46.2 Å². The van der Waals surface area contributed by atoms with E-state index in [1.165, 1.54) is 24.0 Å². The van der Waals surface area contributed by atoms with E-state index in [0.29, 0.717) is 12.3 Å². The van der Waals surface area contributed by atoms with Gasteiger partial charge in [-0.1, -0.05) is 12.2 Å². The van der Waals surface area contributed by atoms with Crippen molar-refractivity contribution in [2.24, 2.45) is 5.73 Å². The van der Waals surface area contributed by atoms with Gasteiger partial charge in [0.2, 0.25) is 0 Å². The molecule has 0 fully saturated rings. The number of hydrogen-bond donors (Lipinski definition) is 2. The Bertz CT molecular complexity index is 426. The number of rotatable bonds is 2. The van der Waals surface area contributed by atoms with Gasteiger partial charge in [-0.05, 0) is 58.8 Å². The van der Waals surface area contributed by atoms with Crippen molar-refractivity contribution in [2.45, 2.75) is 25.7 Å². The second-order valence-corrected chi connectivity index (χ2v) is 4.90. The van der Waals surface area contributed by atoms with E-state index in [1.54, 1.807) is 0 Å². The minimum absolute atomic E-state index is 0.338. The molecule has 0 unspecified atom stereocenters. The fourth-order valence-electron chi connectivity index (χ4n) is 2.19. The lowest BCUT2D eigenvalue weighted by molar-refractivity contribution is 0.468. The van der Waals surface area contributed by atoms with E-state index in [2.05, 4.69) is 22.0 Å². The predicted molar refractivity (Wildman–Crippen MR) is 70.5 cm³/mol. The van der Waals surface area contributed by atoms with Crippen LogP contribution in [0.1, 0.15) is 29.5 Å². The predicted octanol–water partition coefficient (Wildman–Crippen LogP) is 3.01. The highest BCUT2D eigenvalue weighted by molar-refractivity contribution is 9.10. The van der Waals surface area contributed by atoms with Gasteiger partial charge < -0.3 is 10.8 Å². The molecule has 16 heavy (non-hydrogen) atoms. The van der Waals surface area contributed by atoms with Gasteiger partial charge in [0.1, 0.15) is 5.75 Å². The molecule has 0 aliphatic heterocycles. The van der Waals surface area contributed by atoms with Gasteiger partial charge >= 0.3 is 0 Å². The number of aromatic hydroxyl groups is 1. The molecule has 0 amide bonds. The number of fused-ring (bicyclic) bond motifs is 1. The van der Waals surface area contributed by atoms with Crippen LogP contribution in [0.3, 0.4) is 0 Å². The minimum Gasteiger partial charge on any atom is -0.506 e. The van der Waals surface area contributed by atoms with Crippen LogP contribution < -0.4 is 5.73 Å². The minimum atomic E-state index is 0.338. The molecule has 0 saturated carbocycles. The molecule has 0 heterocycles. The lowest BCUT2D eigenvalue weighted by Crippen LogP contribution is -2.04. The first-order chi connectivity index (χ1) is 7.74. The SMILES string of the molecule is NC/C=C/c1cc2c(c(Br)c1O)CCCC2. The van der Waals surface area contributed by atoms with Crippen molar-refractivity contribution in [3.05, 3.63) is 33.3 Å². The largest absolute Gasteiger partial charge is 0.506 e. The summed E-state index contributed by atoms with van der Waals surface area (Å²) in [6.07, 6.45) is 8.36. The summed E-state index contributed by atoms with van der Waals surface area (Å²) in [6.45, 7) is 0.494. The van der Waals surface area contributed by atoms with Gasteiger partial charge in [-0.2, -0.15) is 0 Å². The van der Waals surface area contributed by atoms with E-state index in [4.69, 9.17) is 5.73 Å². The van der Waals surface area contributed by atoms with Crippen LogP contribution in [-0.2, 0) is 12.8 Å². The Morgan fingerprint density at radius 3 is 2.88 bits per heavy atom. The van der Waals surface area contributed by atoms with Gasteiger partial charge in [-0.3, -0.25) is 0 Å². The van der Waals surface area contributed by atoms with Gasteiger partial charge in [0.25, 0.3) is 0 Å². The first-order valence-electron chi connectivity index (χ1n) is 5.64. The number of phenolic OH excluding ortho intramolecular Hbond substituents is 1. The third kappa shape index (κ3) is 2.15. The number of hydrogen-bond acceptors (Lipinski definition) is 2. The summed E-state index contributed by atoms with van der Waals surface area (Å²) >= 11 is 3.49. The van der Waals surface area contributed by atoms with Crippen molar-refractivity contribution in [1.29, 1.82) is 0 Å². The van der Waals surface area contributed by atoms with E-state index in [1.807, 2.05) is 12.2 Å². The van der Waals surface area contributed by atoms with Gasteiger partial charge in [-0.25, -0.2) is 0 Å². The second kappa shape index (κ2) is 5.02. The highest BCUT2D eigenvalue weighted by atomic mass is 79.9. The van der Waals surface area contributed by atoms with Gasteiger partial charge in [0.05, 0.1) is 4.47 Å². The molecular weight excluding hydrogens is 266 g/mol. The van der Waals surface area contributed by atoms with Crippen molar-refractivity contribution in [1.82, 2.24) is 0 Å². The first kappa shape index (κ1) is 11.7. The molecule has 3 N–H and O–H groups in total. The Morgan fingerprint density at radius 2 is 2.12 bits per heavy atom. The molecule has 0 saturated heterocycles. The summed E-state index contributed by atoms with van der Waals surface area (Å²) in [5.74, 6) is 0.338. The molecule has 1 aromatic carbocycles. The fourth-order valence-corrected chi connectivity index (χ4v) is 2.87. The highest BCUT2D eigenvalue weighted by Crippen LogP contribution is 2.38. The van der Waals surface area contributed by atoms with E-state index in [9.17, 15) is 5.11 Å². The summed E-state index contributed by atoms with van der Waals surface area (Å²) in [5.41, 5.74) is 8.91. The summed E-state index contributed by atoms with van der Waals surface area (Å²) in [6, 6.07) is 2.08. The fraction of sp³-hybridized carbons (Fsp3) is 0.385. The third-order valence-electron chi connectivity index (χ3n) is 3.02. The molecule has 0 radical (unpaired) electrons. The average Bonchev–Trinajstić information content (AvgIpc) is 2.32. The van der Waals surface area contributed by atoms with E-state index < -0.39 is 0 Å². The zero-order valence-corrected chi connectivity index (χ0v) is 10.8. The molecule has 2 nitrogen and oxygen atoms in total. The molecule has 0 spiro atoms. The smallest absolute Gasteiger partial charge is 0.137 e. The normalized spacial score (nSPS) is 15.4. The van der Waals surface area contributed by atoms with Crippen molar-refractivity contribution in [3.63, 3.8) is 0 Å². The molecule has 0 aromatic heterocycles. The molecular formula is C13H16BrNO. The Balaban J connectivity index is 2.48. The Labute approximate surface area is 104 Å². The van der Waals surface area contributed by atoms with Crippen LogP contribution in [0.2, 0.25) is 0 Å². The van der Waals surface area contributed by atoms with Crippen LogP contribution in [0.4, 0.5) is 0 Å². The maximum Gasteiger partial charge on any atom is 0.137 e. The molecule has 1 aliphatic rings. The first-order valence-corrected chi connectivity index (χ1v) is 6.43. The summed E-state index contributed by atoms with van der Waals surface area (Å²) in [7, 11) is 0. The van der Waals surface area contributed by atoms with Crippen LogP contribution in [0, 0.1) is 0 Å². The van der Waals surface area contributed by atoms with Crippen molar-refractivity contribution >= 4 is 22.0 Å². The molecule has 1 aromatic rings. The lowest BCUT2D eigenvalue weighted by Gasteiger charge is -2.19. The van der Waals surface area contributed by atoms with Crippen LogP contribution in [-0.4, -0.2) is 11.7 Å². The van der Waals surface area contributed by atoms with Crippen LogP contribution in [0.15, 0.2) is 16.6 Å². The highest BCUT2D eigenvalue weighted by Gasteiger charge is 2.17. The molecule has 1 aliphatic carbocycles. The molecule has 86 valence electrons. The maximum atomic E-state index is 10.0. The quantitative estimate of drug-likeness (QED) is 0.876. The molecule has 3 heteroatoms. The zero-order valence-electron chi connectivity index (χ0n) is 9.17. The molecule has 0 bridgehead atoms. The maximum absolute atomic E-state index is 10.0. The van der Waals surface area contributed by atoms with Crippen molar-refractivity contribution in [2.75, 3.05) is 6.54 Å². The lowest BCUT2D eigenvalue weighted by atomic mass is 9.90. The second-order valence-electron chi connectivity index (χ2n) is 4.11. The van der Waals surface area contributed by atoms with E-state index >= 15 is 0 Å². The van der Waals surface area contributed by atoms with E-state index in [0.717, 1.165) is 22.9 Å². The Kier molecular flexibility index (Phi) is 3.66. The number of aryl methyl sites for hydroxylation is 1. The van der Waals surface area contributed by atoms with Gasteiger partial charge in [0, 0.05) is 12.1 Å². The van der Waals surface area contributed by atoms with Gasteiger partial charge in [-0.15, -0.1) is 0 Å². The Morgan fingerprint density at radius 1 is 1.38 bits per heavy atom. The average molecular weight is 282 g/mol. The van der Waals surface area contributed by atoms with Crippen LogP contribution >= 0.6 is 15.9 Å². The van der Waals surface area contributed by atoms with Crippen molar-refractivity contribution in [3.8, 4) is 5.75 Å². The number of nitrogens with two attached hydrogens (primary N) is 1. The third-order valence-corrected chi connectivity index (χ3v) is 3.87. The summed E-state index contributed by atoms with van der Waals surface area (Å²) < 4.78 is 0.862. The van der Waals surface area contributed by atoms with Crippen LogP contribution in [0.25, 0.3) is 6.08 Å². The monoisotopic (exact) mass is 281 g/mol. The Hall–Kier alpha value is -0.800. The summed E-state index contributed by atoms with van der Waals surface area (Å²) in [5, 5.41) is 10.0. The number of phenols is 1. The molecule has 0 atom stereocenters. The number of halogens is 1. The van der Waals surface area contributed by atoms with Crippen LogP contribution in [0.5, 0.6) is 5.75 Å². The summed E-state index contributed by atoms with van der Waals surface area (Å²) in [4.78, 5) is 0. The zero-order chi connectivity index (χ0) is 11.5. The molecule has 2 rings (SSSR count). The van der Waals surface area contributed by atoms with E-state index in [-0.39, 0.29) is 0 Å².